The van der Waals surface area contributed by atoms with Crippen LogP contribution in [-0.2, 0) is 41.1 Å². The Labute approximate surface area is 840 Å². The van der Waals surface area contributed by atoms with Gasteiger partial charge in [0.2, 0.25) is 0 Å². The van der Waals surface area contributed by atoms with E-state index >= 15 is 0 Å². The first-order valence-electron chi connectivity index (χ1n) is 38.8. The molecule has 12 aromatic heterocycles. The maximum atomic E-state index is 13.2. The number of carbonyl (C=O) groups excluding carboxylic acids is 1. The van der Waals surface area contributed by atoms with Gasteiger partial charge in [-0.15, -0.1) is 12.3 Å². The van der Waals surface area contributed by atoms with Gasteiger partial charge in [0.1, 0.15) is 0 Å². The number of nitrogens with one attached hydrogen (secondary N) is 1. The monoisotopic (exact) mass is 2050 g/mol. The summed E-state index contributed by atoms with van der Waals surface area (Å²) in [5.74, 6) is 8.45. The number of terminal acetylenes is 1. The summed E-state index contributed by atoms with van der Waals surface area (Å²) in [6.45, 7) is 1.31. The van der Waals surface area contributed by atoms with Crippen molar-refractivity contribution in [2.24, 2.45) is 0 Å². The van der Waals surface area contributed by atoms with Crippen molar-refractivity contribution in [2.75, 3.05) is 19.8 Å². The summed E-state index contributed by atoms with van der Waals surface area (Å²) in [6, 6.07) is 41.5. The van der Waals surface area contributed by atoms with E-state index in [2.05, 4.69) is 141 Å². The van der Waals surface area contributed by atoms with E-state index in [-0.39, 0.29) is 202 Å². The van der Waals surface area contributed by atoms with E-state index in [1.807, 2.05) is 139 Å². The Morgan fingerprint density at radius 1 is 0.479 bits per heavy atom. The van der Waals surface area contributed by atoms with Crippen LogP contribution in [0.2, 0.25) is 0 Å². The average molecular weight is 2060 g/mol. The maximum Gasteiger partial charge on any atom is 1.00 e. The van der Waals surface area contributed by atoms with Gasteiger partial charge in [-0.05, 0) is 148 Å². The Hall–Kier alpha value is -7.83. The summed E-state index contributed by atoms with van der Waals surface area (Å²) < 4.78 is 14.9. The summed E-state index contributed by atoms with van der Waals surface area (Å²) in [6.07, 6.45) is 38.0. The fraction of sp³-hybridized carbons (Fsp3) is 0.278. The van der Waals surface area contributed by atoms with Crippen molar-refractivity contribution in [3.63, 3.8) is 0 Å². The number of aryl methyl sites for hydroxylation is 1. The van der Waals surface area contributed by atoms with Crippen LogP contribution in [0.25, 0.3) is 87.2 Å². The van der Waals surface area contributed by atoms with Gasteiger partial charge < -0.3 is 31.9 Å². The molecule has 4 N–H and O–H groups in total. The Morgan fingerprint density at radius 2 is 0.860 bits per heavy atom. The van der Waals surface area contributed by atoms with E-state index in [0.29, 0.717) is 50.6 Å². The molecule has 0 bridgehead atoms. The Bertz CT molecular complexity index is 6700. The van der Waals surface area contributed by atoms with Crippen LogP contribution in [0.15, 0.2) is 224 Å². The number of aliphatic hydroxyl groups is 3. The van der Waals surface area contributed by atoms with Gasteiger partial charge in [0.15, 0.2) is 0 Å². The summed E-state index contributed by atoms with van der Waals surface area (Å²) in [4.78, 5) is 100.0. The molecule has 4 aromatic carbocycles. The van der Waals surface area contributed by atoms with Gasteiger partial charge in [-0.2, -0.15) is 0 Å². The topological polar surface area (TPSA) is 332 Å². The van der Waals surface area contributed by atoms with Gasteiger partial charge in [0, 0.05) is 134 Å². The van der Waals surface area contributed by atoms with Crippen LogP contribution in [0.4, 0.5) is 0 Å². The predicted molar refractivity (Wildman–Crippen MR) is 472 cm³/mol. The zero-order valence-corrected chi connectivity index (χ0v) is 83.4. The molecule has 0 saturated heterocycles. The van der Waals surface area contributed by atoms with Crippen molar-refractivity contribution < 1.29 is 169 Å². The molecule has 0 aliphatic heterocycles. The van der Waals surface area contributed by atoms with Gasteiger partial charge in [-0.3, -0.25) is 76.6 Å². The average Bonchev–Trinajstić information content (AvgIpc) is 1.59. The number of unbranched alkanes of at least 4 members (excludes halogenated alkanes) is 1. The molecule has 121 heavy (non-hydrogen) atoms. The van der Waals surface area contributed by atoms with Crippen molar-refractivity contribution in [3.8, 4) is 24.2 Å². The molecule has 0 spiro atoms. The van der Waals surface area contributed by atoms with Crippen LogP contribution in [0, 0.1) is 24.2 Å². The number of carbonyl (C=O) groups is 1. The third-order valence-corrected chi connectivity index (χ3v) is 22.9. The Balaban J connectivity index is 0.000000159. The van der Waals surface area contributed by atoms with Crippen molar-refractivity contribution in [1.29, 1.82) is 0 Å². The number of aliphatic hydroxyl groups excluding tert-OH is 3. The maximum absolute atomic E-state index is 13.2. The van der Waals surface area contributed by atoms with Crippen LogP contribution in [0.1, 0.15) is 144 Å². The van der Waals surface area contributed by atoms with E-state index in [0.717, 1.165) is 184 Å². The van der Waals surface area contributed by atoms with E-state index < -0.39 is 0 Å². The van der Waals surface area contributed by atoms with Gasteiger partial charge >= 0.3 is 161 Å². The first kappa shape index (κ1) is 93.9. The largest absolute Gasteiger partial charge is 1.00 e. The molecule has 26 nitrogen and oxygen atoms in total. The minimum Gasteiger partial charge on any atom is -1.00 e. The molecule has 0 unspecified atom stereocenters. The fourth-order valence-electron chi connectivity index (χ4n) is 14.4. The van der Waals surface area contributed by atoms with Crippen LogP contribution >= 0.6 is 47.8 Å². The number of hydrogen-bond acceptors (Lipinski definition) is 18. The summed E-state index contributed by atoms with van der Waals surface area (Å²) in [5, 5.41) is 44.3. The van der Waals surface area contributed by atoms with Crippen LogP contribution < -0.4 is 166 Å². The second-order valence-corrected chi connectivity index (χ2v) is 30.7. The molecule has 12 heterocycles. The number of fused-ring (bicyclic) bond motifs is 8. The Kier molecular flexibility index (Phi) is 35.0. The zero-order valence-electron chi connectivity index (χ0n) is 67.1. The smallest absolute Gasteiger partial charge is 1.00 e. The van der Waals surface area contributed by atoms with Crippen LogP contribution in [0.3, 0.4) is 0 Å². The fourth-order valence-corrected chi connectivity index (χ4v) is 16.4. The molecule has 16 aromatic rings. The third-order valence-electron chi connectivity index (χ3n) is 20.6. The molecular formula is C90H87Br3Cs2N16O10. The van der Waals surface area contributed by atoms with Gasteiger partial charge in [0.05, 0.1) is 130 Å². The van der Waals surface area contributed by atoms with Gasteiger partial charge in [0.25, 0.3) is 6.47 Å². The van der Waals surface area contributed by atoms with E-state index in [9.17, 15) is 24.3 Å². The number of H-pyrrole nitrogens is 1. The van der Waals surface area contributed by atoms with Crippen LogP contribution in [0.5, 0.6) is 0 Å². The van der Waals surface area contributed by atoms with Crippen molar-refractivity contribution in [2.45, 2.75) is 140 Å². The molecule has 4 aliphatic carbocycles. The summed E-state index contributed by atoms with van der Waals surface area (Å²) >= 11 is 10.6. The zero-order chi connectivity index (χ0) is 82.2. The minimum absolute atomic E-state index is 0. The Morgan fingerprint density at radius 3 is 1.30 bits per heavy atom. The van der Waals surface area contributed by atoms with Gasteiger partial charge in [-0.1, -0.05) is 132 Å². The molecular weight excluding hydrogens is 1970 g/mol. The number of aromatic amines is 1. The second kappa shape index (κ2) is 45.2. The second-order valence-electron chi connectivity index (χ2n) is 28.5. The normalized spacial score (nSPS) is 13.0. The number of imidazole rings is 4. The molecule has 20 rings (SSSR count). The number of alkyl halides is 1. The molecule has 4 fully saturated rings. The van der Waals surface area contributed by atoms with Crippen LogP contribution in [-0.4, -0.2) is 118 Å². The first-order chi connectivity index (χ1) is 57.8. The number of nitrogens with zero attached hydrogens (tertiary/aromatic N) is 15. The van der Waals surface area contributed by atoms with E-state index in [1.165, 1.54) is 21.7 Å². The summed E-state index contributed by atoms with van der Waals surface area (Å²) in [7, 11) is 0. The molecule has 31 heteroatoms. The number of benzene rings is 4. The first-order valence-corrected chi connectivity index (χ1v) is 41.5. The molecule has 0 amide bonds. The standard InChI is InChI=1S/C23H24N4O2.C23H20N4O2.C19H15BrN4O.C10H7Br2N.C9H9N3O.C4H6O.CH2O3.CH4.2Cs.H/c2*28-12-4-3-7-19-18-6-2-1-5-16(18)13-25-20(19)15-26-22-14-24-11-10-21(22)27(23(26)29)17-8-9-17;20-18-14-4-2-1-3-12(14)9-22-15(18)11-23-17-10-21-8-7-16(17)24(19(23)25)13-5-6-13;11-5-9-10(12)8-4-2-1-3-7(8)6-13-9;13-9-11-7-5-10-4-3-8(7)12(9)6-1-2-6;1-2-3-4-5;2-1-4-3;;;;/h1-2,5-6,10-11,13-14,17,28H,3-4,7-9,12,15H2;1-2,5-6,10-11,13-14,17,28H,4,8-9,12,15H2;1-4,7-10,13H,5-6,11H2;1-4,6H,5H2;3-6H,1-2H2,(H,11,13);1,5H,3-4H2;1,3H;1H4;;;/q;;;;;;;;2*+1;-1/p-1. The van der Waals surface area contributed by atoms with E-state index in [4.69, 9.17) is 31.7 Å². The number of rotatable bonds is 18. The molecule has 4 aliphatic rings. The summed E-state index contributed by atoms with van der Waals surface area (Å²) in [5.41, 5.74) is 12.7. The van der Waals surface area contributed by atoms with Crippen molar-refractivity contribution in [1.82, 2.24) is 76.8 Å². The van der Waals surface area contributed by atoms with Crippen molar-refractivity contribution >= 4 is 141 Å². The minimum atomic E-state index is -0.181. The number of aromatic nitrogens is 16. The number of pyridine rings is 8. The van der Waals surface area contributed by atoms with Crippen molar-refractivity contribution in [3.05, 3.63) is 280 Å². The predicted octanol–water partition coefficient (Wildman–Crippen LogP) is 8.34. The molecule has 0 atom stereocenters. The van der Waals surface area contributed by atoms with E-state index in [1.54, 1.807) is 58.7 Å². The number of hydrogen-bond donors (Lipinski definition) is 4. The third kappa shape index (κ3) is 22.3. The SMILES string of the molecule is BrCc1ncc2ccccc2c1Br.C.C#CCCO.O=CO[O-].O=c1[nH]c2cnccc2n1C1CC1.O=c1n(Cc2ncc3ccccc3c2Br)c2cnccc2n1C1CC1.O=c1n(Cc2ncc3ccccc3c2C#CCCO)c2cnccc2n1C1CC1.O=c1n(Cc2ncc3ccccc3c2CCCCO)c2cnccc2n1C1CC1.[Cs+].[Cs+].[H-]. The molecule has 0 radical (unpaired) electrons. The quantitative estimate of drug-likeness (QED) is 0.0156. The van der Waals surface area contributed by atoms with Gasteiger partial charge in [-0.25, -0.2) is 19.2 Å². The molecule has 610 valence electrons. The molecule has 4 saturated carbocycles. The number of halogens is 3.